The van der Waals surface area contributed by atoms with Crippen LogP contribution in [0.4, 0.5) is 0 Å². The molecule has 3 nitrogen and oxygen atoms in total. The predicted octanol–water partition coefficient (Wildman–Crippen LogP) is 2.48. The van der Waals surface area contributed by atoms with E-state index >= 15 is 0 Å². The van der Waals surface area contributed by atoms with E-state index in [0.29, 0.717) is 13.0 Å². The van der Waals surface area contributed by atoms with Crippen molar-refractivity contribution in [2.24, 2.45) is 0 Å². The van der Waals surface area contributed by atoms with Crippen LogP contribution in [0, 0.1) is 0 Å². The summed E-state index contributed by atoms with van der Waals surface area (Å²) < 4.78 is 5.50. The Morgan fingerprint density at radius 3 is 3.05 bits per heavy atom. The van der Waals surface area contributed by atoms with E-state index in [4.69, 9.17) is 4.74 Å². The molecule has 0 spiro atoms. The second-order valence-electron chi connectivity index (χ2n) is 4.57. The number of hydrogen-bond donors (Lipinski definition) is 0. The molecule has 1 aromatic heterocycles. The van der Waals surface area contributed by atoms with Gasteiger partial charge in [-0.1, -0.05) is 24.3 Å². The van der Waals surface area contributed by atoms with Crippen LogP contribution in [0.2, 0.25) is 0 Å². The lowest BCUT2D eigenvalue weighted by Crippen LogP contribution is -2.32. The highest BCUT2D eigenvalue weighted by Crippen LogP contribution is 2.16. The second-order valence-corrected chi connectivity index (χ2v) is 5.72. The fraction of sp³-hybridized carbons (Fsp3) is 0.333. The molecule has 0 bridgehead atoms. The Labute approximate surface area is 116 Å². The molecule has 1 aromatic carbocycles. The summed E-state index contributed by atoms with van der Waals surface area (Å²) in [7, 11) is 0. The molecule has 1 saturated heterocycles. The van der Waals surface area contributed by atoms with Crippen LogP contribution in [0.5, 0.6) is 0 Å². The average Bonchev–Trinajstić information content (AvgIpc) is 2.48. The van der Waals surface area contributed by atoms with Crippen molar-refractivity contribution in [2.75, 3.05) is 18.1 Å². The molecule has 2 aromatic rings. The number of carbonyl (C=O) groups is 1. The van der Waals surface area contributed by atoms with Gasteiger partial charge >= 0.3 is 0 Å². The minimum atomic E-state index is -0.257. The van der Waals surface area contributed by atoms with Crippen LogP contribution in [-0.4, -0.2) is 35.0 Å². The Morgan fingerprint density at radius 2 is 2.21 bits per heavy atom. The van der Waals surface area contributed by atoms with E-state index in [0.717, 1.165) is 28.1 Å². The van der Waals surface area contributed by atoms with E-state index in [1.807, 2.05) is 36.4 Å². The van der Waals surface area contributed by atoms with Crippen LogP contribution in [0.1, 0.15) is 5.69 Å². The fourth-order valence-electron chi connectivity index (χ4n) is 2.17. The van der Waals surface area contributed by atoms with Crippen molar-refractivity contribution in [3.05, 3.63) is 42.1 Å². The fourth-order valence-corrected chi connectivity index (χ4v) is 3.05. The Kier molecular flexibility index (Phi) is 3.80. The maximum atomic E-state index is 12.1. The molecule has 4 heteroatoms. The second kappa shape index (κ2) is 5.72. The summed E-state index contributed by atoms with van der Waals surface area (Å²) in [5.74, 6) is 1.89. The Hall–Kier alpha value is -1.39. The number of thioether (sulfide) groups is 1. The lowest BCUT2D eigenvalue weighted by atomic mass is 10.1. The Morgan fingerprint density at radius 1 is 1.32 bits per heavy atom. The van der Waals surface area contributed by atoms with Gasteiger partial charge in [-0.2, -0.15) is 11.8 Å². The van der Waals surface area contributed by atoms with Crippen molar-refractivity contribution >= 4 is 28.4 Å². The summed E-state index contributed by atoms with van der Waals surface area (Å²) in [6, 6.07) is 11.9. The third-order valence-corrected chi connectivity index (χ3v) is 4.18. The molecule has 1 aliphatic heterocycles. The van der Waals surface area contributed by atoms with Crippen LogP contribution in [0.25, 0.3) is 10.9 Å². The van der Waals surface area contributed by atoms with Crippen molar-refractivity contribution in [1.29, 1.82) is 0 Å². The van der Waals surface area contributed by atoms with Crippen molar-refractivity contribution in [3.8, 4) is 0 Å². The van der Waals surface area contributed by atoms with Crippen molar-refractivity contribution in [2.45, 2.75) is 12.5 Å². The number of ketones is 1. The van der Waals surface area contributed by atoms with Gasteiger partial charge in [0.1, 0.15) is 6.10 Å². The lowest BCUT2D eigenvalue weighted by molar-refractivity contribution is -0.128. The zero-order valence-corrected chi connectivity index (χ0v) is 11.4. The first-order valence-corrected chi connectivity index (χ1v) is 7.55. The normalized spacial score (nSPS) is 19.5. The zero-order chi connectivity index (χ0) is 13.1. The first-order chi connectivity index (χ1) is 9.33. The quantitative estimate of drug-likeness (QED) is 0.861. The molecule has 3 rings (SSSR count). The van der Waals surface area contributed by atoms with Crippen LogP contribution in [0.15, 0.2) is 36.4 Å². The van der Waals surface area contributed by atoms with Gasteiger partial charge in [-0.15, -0.1) is 0 Å². The van der Waals surface area contributed by atoms with Gasteiger partial charge in [0.2, 0.25) is 0 Å². The van der Waals surface area contributed by atoms with Gasteiger partial charge in [-0.05, 0) is 12.1 Å². The number of benzene rings is 1. The number of nitrogens with zero attached hydrogens (tertiary/aromatic N) is 1. The number of ether oxygens (including phenoxy) is 1. The van der Waals surface area contributed by atoms with E-state index in [1.54, 1.807) is 11.8 Å². The number of carbonyl (C=O) groups excluding carboxylic acids is 1. The summed E-state index contributed by atoms with van der Waals surface area (Å²) in [6.45, 7) is 0.673. The first-order valence-electron chi connectivity index (χ1n) is 6.40. The van der Waals surface area contributed by atoms with Gasteiger partial charge < -0.3 is 4.74 Å². The lowest BCUT2D eigenvalue weighted by Gasteiger charge is -2.20. The SMILES string of the molecule is O=C(Cc1ccc2ccccc2n1)C1CSCCO1. The molecule has 0 amide bonds. The van der Waals surface area contributed by atoms with E-state index < -0.39 is 0 Å². The standard InChI is InChI=1S/C15H15NO2S/c17-14(15-10-19-8-7-18-15)9-12-6-5-11-3-1-2-4-13(11)16-12/h1-6,15H,7-10H2. The highest BCUT2D eigenvalue weighted by atomic mass is 32.2. The van der Waals surface area contributed by atoms with E-state index in [1.165, 1.54) is 0 Å². The molecule has 1 unspecified atom stereocenters. The van der Waals surface area contributed by atoms with Crippen molar-refractivity contribution in [1.82, 2.24) is 4.98 Å². The summed E-state index contributed by atoms with van der Waals surface area (Å²) >= 11 is 1.78. The van der Waals surface area contributed by atoms with Crippen LogP contribution in [-0.2, 0) is 16.0 Å². The maximum absolute atomic E-state index is 12.1. The van der Waals surface area contributed by atoms with Gasteiger partial charge in [-0.3, -0.25) is 9.78 Å². The van der Waals surface area contributed by atoms with Crippen molar-refractivity contribution < 1.29 is 9.53 Å². The number of pyridine rings is 1. The number of para-hydroxylation sites is 1. The molecular weight excluding hydrogens is 258 g/mol. The predicted molar refractivity (Wildman–Crippen MR) is 77.5 cm³/mol. The maximum Gasteiger partial charge on any atom is 0.168 e. The molecule has 19 heavy (non-hydrogen) atoms. The Bertz CT molecular complexity index is 593. The molecule has 0 aliphatic carbocycles. The first kappa shape index (κ1) is 12.6. The highest BCUT2D eigenvalue weighted by Gasteiger charge is 2.22. The monoisotopic (exact) mass is 273 g/mol. The molecule has 2 heterocycles. The Balaban J connectivity index is 1.75. The molecule has 1 atom stereocenters. The summed E-state index contributed by atoms with van der Waals surface area (Å²) in [6.07, 6.45) is 0.0998. The molecular formula is C15H15NO2S. The smallest absolute Gasteiger partial charge is 0.168 e. The largest absolute Gasteiger partial charge is 0.369 e. The third-order valence-electron chi connectivity index (χ3n) is 3.19. The number of Topliss-reactive ketones (excluding diaryl/α,β-unsaturated/α-hetero) is 1. The van der Waals surface area contributed by atoms with Crippen LogP contribution in [0.3, 0.4) is 0 Å². The van der Waals surface area contributed by atoms with Gasteiger partial charge in [0, 0.05) is 22.6 Å². The van der Waals surface area contributed by atoms with Gasteiger partial charge in [-0.25, -0.2) is 0 Å². The zero-order valence-electron chi connectivity index (χ0n) is 10.5. The highest BCUT2D eigenvalue weighted by molar-refractivity contribution is 7.99. The van der Waals surface area contributed by atoms with Crippen molar-refractivity contribution in [3.63, 3.8) is 0 Å². The van der Waals surface area contributed by atoms with Crippen LogP contribution < -0.4 is 0 Å². The van der Waals surface area contributed by atoms with Gasteiger partial charge in [0.05, 0.1) is 18.5 Å². The molecule has 1 aliphatic rings. The number of aromatic nitrogens is 1. The summed E-state index contributed by atoms with van der Waals surface area (Å²) in [5.41, 5.74) is 1.76. The summed E-state index contributed by atoms with van der Waals surface area (Å²) in [5, 5.41) is 1.10. The number of hydrogen-bond acceptors (Lipinski definition) is 4. The van der Waals surface area contributed by atoms with E-state index in [-0.39, 0.29) is 11.9 Å². The van der Waals surface area contributed by atoms with Gasteiger partial charge in [0.15, 0.2) is 5.78 Å². The topological polar surface area (TPSA) is 39.2 Å². The number of fused-ring (bicyclic) bond motifs is 1. The van der Waals surface area contributed by atoms with Crippen LogP contribution >= 0.6 is 11.8 Å². The van der Waals surface area contributed by atoms with Gasteiger partial charge in [0.25, 0.3) is 0 Å². The number of rotatable bonds is 3. The minimum Gasteiger partial charge on any atom is -0.369 e. The molecule has 0 radical (unpaired) electrons. The minimum absolute atomic E-state index is 0.134. The molecule has 0 saturated carbocycles. The third kappa shape index (κ3) is 2.96. The summed E-state index contributed by atoms with van der Waals surface area (Å²) in [4.78, 5) is 16.7. The molecule has 98 valence electrons. The average molecular weight is 273 g/mol. The molecule has 0 N–H and O–H groups in total. The molecule has 1 fully saturated rings. The van der Waals surface area contributed by atoms with E-state index in [9.17, 15) is 4.79 Å². The van der Waals surface area contributed by atoms with E-state index in [2.05, 4.69) is 4.98 Å².